The first-order chi connectivity index (χ1) is 13.0. The van der Waals surface area contributed by atoms with Crippen LogP contribution in [0.3, 0.4) is 0 Å². The summed E-state index contributed by atoms with van der Waals surface area (Å²) in [4.78, 5) is 26.7. The van der Waals surface area contributed by atoms with Gasteiger partial charge < -0.3 is 19.5 Å². The van der Waals surface area contributed by atoms with Crippen LogP contribution in [0.25, 0.3) is 0 Å². The molecular formula is C21H19NO5. The van der Waals surface area contributed by atoms with Crippen LogP contribution in [0.15, 0.2) is 59.9 Å². The lowest BCUT2D eigenvalue weighted by atomic mass is 9.94. The number of fused-ring (bicyclic) bond motifs is 1. The van der Waals surface area contributed by atoms with Crippen molar-refractivity contribution in [2.45, 2.75) is 25.9 Å². The maximum absolute atomic E-state index is 12.9. The summed E-state index contributed by atoms with van der Waals surface area (Å²) in [5, 5.41) is 10.4. The zero-order chi connectivity index (χ0) is 19.1. The number of nitrogens with zero attached hydrogens (tertiary/aromatic N) is 1. The van der Waals surface area contributed by atoms with Crippen molar-refractivity contribution in [2.24, 2.45) is 0 Å². The summed E-state index contributed by atoms with van der Waals surface area (Å²) in [7, 11) is 0. The average molecular weight is 365 g/mol. The molecule has 2 unspecified atom stereocenters. The third kappa shape index (κ3) is 2.73. The molecule has 6 heteroatoms. The van der Waals surface area contributed by atoms with Gasteiger partial charge in [-0.3, -0.25) is 9.59 Å². The Kier molecular flexibility index (Phi) is 4.11. The smallest absolute Gasteiger partial charge is 0.290 e. The number of amides is 1. The molecule has 0 radical (unpaired) electrons. The predicted molar refractivity (Wildman–Crippen MR) is 97.3 cm³/mol. The molecule has 2 aromatic rings. The number of benzene rings is 2. The van der Waals surface area contributed by atoms with E-state index in [9.17, 15) is 14.7 Å². The van der Waals surface area contributed by atoms with E-state index in [4.69, 9.17) is 9.47 Å². The summed E-state index contributed by atoms with van der Waals surface area (Å²) in [5.74, 6) is -0.219. The van der Waals surface area contributed by atoms with Crippen LogP contribution in [0.4, 0.5) is 0 Å². The van der Waals surface area contributed by atoms with E-state index >= 15 is 0 Å². The Hall–Kier alpha value is -3.28. The summed E-state index contributed by atoms with van der Waals surface area (Å²) in [6, 6.07) is 13.8. The molecule has 0 saturated carbocycles. The van der Waals surface area contributed by atoms with Crippen molar-refractivity contribution in [3.63, 3.8) is 0 Å². The standard InChI is InChI=1S/C21H19NO5/c1-12(14-6-4-3-5-7-14)22-19(18(13(2)23)20(24)21(22)25)15-8-9-16-17(10-15)27-11-26-16/h3-10,12,19,24H,11H2,1-2H3. The molecule has 138 valence electrons. The molecule has 2 heterocycles. The van der Waals surface area contributed by atoms with E-state index in [0.29, 0.717) is 17.1 Å². The molecule has 2 aromatic carbocycles. The monoisotopic (exact) mass is 365 g/mol. The third-order valence-electron chi connectivity index (χ3n) is 5.03. The van der Waals surface area contributed by atoms with Gasteiger partial charge in [-0.2, -0.15) is 0 Å². The average Bonchev–Trinajstić information content (AvgIpc) is 3.24. The molecule has 0 spiro atoms. The minimum atomic E-state index is -0.695. The lowest BCUT2D eigenvalue weighted by molar-refractivity contribution is -0.131. The van der Waals surface area contributed by atoms with E-state index in [2.05, 4.69) is 0 Å². The summed E-state index contributed by atoms with van der Waals surface area (Å²) < 4.78 is 10.8. The minimum absolute atomic E-state index is 0.0987. The number of hydrogen-bond donors (Lipinski definition) is 1. The highest BCUT2D eigenvalue weighted by atomic mass is 16.7. The van der Waals surface area contributed by atoms with Crippen LogP contribution in [0, 0.1) is 0 Å². The molecule has 27 heavy (non-hydrogen) atoms. The van der Waals surface area contributed by atoms with Crippen molar-refractivity contribution >= 4 is 11.7 Å². The lowest BCUT2D eigenvalue weighted by Gasteiger charge is -2.32. The van der Waals surface area contributed by atoms with Gasteiger partial charge in [0.05, 0.1) is 17.7 Å². The highest BCUT2D eigenvalue weighted by Crippen LogP contribution is 2.45. The Morgan fingerprint density at radius 2 is 1.85 bits per heavy atom. The first-order valence-electron chi connectivity index (χ1n) is 8.70. The largest absolute Gasteiger partial charge is 0.503 e. The maximum Gasteiger partial charge on any atom is 0.290 e. The topological polar surface area (TPSA) is 76.1 Å². The minimum Gasteiger partial charge on any atom is -0.503 e. The van der Waals surface area contributed by atoms with Crippen molar-refractivity contribution in [3.8, 4) is 11.5 Å². The van der Waals surface area contributed by atoms with Gasteiger partial charge in [-0.05, 0) is 37.1 Å². The van der Waals surface area contributed by atoms with Crippen molar-refractivity contribution in [1.82, 2.24) is 4.90 Å². The number of aliphatic hydroxyl groups excluding tert-OH is 1. The fraction of sp³-hybridized carbons (Fsp3) is 0.238. The molecule has 2 aliphatic rings. The van der Waals surface area contributed by atoms with Crippen LogP contribution in [0.1, 0.15) is 37.1 Å². The number of aliphatic hydroxyl groups is 1. The van der Waals surface area contributed by atoms with Gasteiger partial charge in [-0.25, -0.2) is 0 Å². The Labute approximate surface area is 156 Å². The highest BCUT2D eigenvalue weighted by Gasteiger charge is 2.45. The molecule has 0 aliphatic carbocycles. The number of rotatable bonds is 4. The molecule has 0 saturated heterocycles. The normalized spacial score (nSPS) is 19.6. The second-order valence-corrected chi connectivity index (χ2v) is 6.63. The van der Waals surface area contributed by atoms with E-state index in [1.165, 1.54) is 6.92 Å². The van der Waals surface area contributed by atoms with Gasteiger partial charge >= 0.3 is 0 Å². The van der Waals surface area contributed by atoms with Crippen LogP contribution < -0.4 is 9.47 Å². The number of Topliss-reactive ketones (excluding diaryl/α,β-unsaturated/α-hetero) is 1. The summed E-state index contributed by atoms with van der Waals surface area (Å²) >= 11 is 0. The van der Waals surface area contributed by atoms with Crippen molar-refractivity contribution in [3.05, 3.63) is 71.0 Å². The molecule has 1 amide bonds. The number of carbonyl (C=O) groups excluding carboxylic acids is 2. The molecule has 0 fully saturated rings. The maximum atomic E-state index is 12.9. The lowest BCUT2D eigenvalue weighted by Crippen LogP contribution is -2.33. The number of carbonyl (C=O) groups is 2. The quantitative estimate of drug-likeness (QED) is 0.898. The van der Waals surface area contributed by atoms with Crippen molar-refractivity contribution in [2.75, 3.05) is 6.79 Å². The summed E-state index contributed by atoms with van der Waals surface area (Å²) in [6.07, 6.45) is 0. The zero-order valence-corrected chi connectivity index (χ0v) is 15.0. The zero-order valence-electron chi connectivity index (χ0n) is 15.0. The third-order valence-corrected chi connectivity index (χ3v) is 5.03. The van der Waals surface area contributed by atoms with E-state index in [1.807, 2.05) is 37.3 Å². The Morgan fingerprint density at radius 1 is 1.15 bits per heavy atom. The van der Waals surface area contributed by atoms with Crippen molar-refractivity contribution < 1.29 is 24.2 Å². The van der Waals surface area contributed by atoms with Gasteiger partial charge in [0.15, 0.2) is 23.0 Å². The van der Waals surface area contributed by atoms with E-state index in [1.54, 1.807) is 23.1 Å². The van der Waals surface area contributed by atoms with Gasteiger partial charge in [0, 0.05) is 0 Å². The van der Waals surface area contributed by atoms with Crippen LogP contribution >= 0.6 is 0 Å². The predicted octanol–water partition coefficient (Wildman–Crippen LogP) is 3.46. The first kappa shape index (κ1) is 17.1. The Bertz CT molecular complexity index is 950. The van der Waals surface area contributed by atoms with E-state index < -0.39 is 17.7 Å². The van der Waals surface area contributed by atoms with Crippen LogP contribution in [0.2, 0.25) is 0 Å². The fourth-order valence-electron chi connectivity index (χ4n) is 3.68. The van der Waals surface area contributed by atoms with Crippen LogP contribution in [-0.4, -0.2) is 28.5 Å². The van der Waals surface area contributed by atoms with Gasteiger partial charge in [-0.1, -0.05) is 36.4 Å². The summed E-state index contributed by atoms with van der Waals surface area (Å²) in [6.45, 7) is 3.37. The SMILES string of the molecule is CC(=O)C1=C(O)C(=O)N(C(C)c2ccccc2)C1c1ccc2c(c1)OCO2. The second-order valence-electron chi connectivity index (χ2n) is 6.63. The van der Waals surface area contributed by atoms with Gasteiger partial charge in [-0.15, -0.1) is 0 Å². The molecule has 1 N–H and O–H groups in total. The second kappa shape index (κ2) is 6.46. The molecular weight excluding hydrogens is 346 g/mol. The number of ketones is 1. The highest BCUT2D eigenvalue weighted by molar-refractivity contribution is 6.08. The van der Waals surface area contributed by atoms with E-state index in [-0.39, 0.29) is 24.2 Å². The molecule has 0 bridgehead atoms. The summed E-state index contributed by atoms with van der Waals surface area (Å²) in [5.41, 5.74) is 1.69. The molecule has 4 rings (SSSR count). The van der Waals surface area contributed by atoms with Crippen molar-refractivity contribution in [1.29, 1.82) is 0 Å². The van der Waals surface area contributed by atoms with E-state index in [0.717, 1.165) is 5.56 Å². The molecule has 2 aliphatic heterocycles. The van der Waals surface area contributed by atoms with Gasteiger partial charge in [0.2, 0.25) is 6.79 Å². The first-order valence-corrected chi connectivity index (χ1v) is 8.70. The Balaban J connectivity index is 1.82. The molecule has 0 aromatic heterocycles. The van der Waals surface area contributed by atoms with Gasteiger partial charge in [0.1, 0.15) is 0 Å². The van der Waals surface area contributed by atoms with Crippen LogP contribution in [0.5, 0.6) is 11.5 Å². The Morgan fingerprint density at radius 3 is 2.56 bits per heavy atom. The molecule has 6 nitrogen and oxygen atoms in total. The van der Waals surface area contributed by atoms with Crippen LogP contribution in [-0.2, 0) is 9.59 Å². The molecule has 2 atom stereocenters. The fourth-order valence-corrected chi connectivity index (χ4v) is 3.68. The number of hydrogen-bond acceptors (Lipinski definition) is 5. The number of ether oxygens (including phenoxy) is 2. The van der Waals surface area contributed by atoms with Gasteiger partial charge in [0.25, 0.3) is 5.91 Å².